The molecular formula is C29H42N6. The minimum atomic E-state index is 0.587. The first-order valence-corrected chi connectivity index (χ1v) is 13.4. The smallest absolute Gasteiger partial charge is 0.160 e. The maximum Gasteiger partial charge on any atom is 0.160 e. The fraction of sp³-hybridized carbons (Fsp3) is 0.552. The van der Waals surface area contributed by atoms with Crippen LogP contribution in [0.2, 0.25) is 0 Å². The maximum atomic E-state index is 4.75. The highest BCUT2D eigenvalue weighted by Crippen LogP contribution is 2.49. The van der Waals surface area contributed by atoms with Crippen molar-refractivity contribution in [3.63, 3.8) is 0 Å². The van der Waals surface area contributed by atoms with Crippen molar-refractivity contribution in [3.05, 3.63) is 61.6 Å². The lowest BCUT2D eigenvalue weighted by Crippen LogP contribution is -2.59. The number of benzene rings is 1. The number of anilines is 1. The van der Waals surface area contributed by atoms with E-state index >= 15 is 0 Å². The Balaban J connectivity index is 1.17. The Kier molecular flexibility index (Phi) is 6.92. The van der Waals surface area contributed by atoms with Gasteiger partial charge in [-0.25, -0.2) is 0 Å². The number of nitrogens with zero attached hydrogens (tertiary/aromatic N) is 4. The second kappa shape index (κ2) is 10.1. The minimum Gasteiger partial charge on any atom is -0.391 e. The van der Waals surface area contributed by atoms with Gasteiger partial charge in [-0.05, 0) is 93.0 Å². The van der Waals surface area contributed by atoms with Crippen LogP contribution in [-0.2, 0) is 7.05 Å². The number of piperidine rings is 1. The van der Waals surface area contributed by atoms with E-state index in [0.29, 0.717) is 11.3 Å². The van der Waals surface area contributed by atoms with Crippen LogP contribution < -0.4 is 10.6 Å². The molecule has 0 amide bonds. The molecule has 35 heavy (non-hydrogen) atoms. The van der Waals surface area contributed by atoms with Crippen LogP contribution in [0.4, 0.5) is 5.82 Å². The van der Waals surface area contributed by atoms with Crippen LogP contribution in [0.3, 0.4) is 0 Å². The van der Waals surface area contributed by atoms with Crippen molar-refractivity contribution in [1.82, 2.24) is 24.9 Å². The first kappa shape index (κ1) is 24.0. The van der Waals surface area contributed by atoms with Crippen molar-refractivity contribution < 1.29 is 0 Å². The summed E-state index contributed by atoms with van der Waals surface area (Å²) in [6, 6.07) is 7.73. The standard InChI is InChI=1S/C29H42N6/c1-5-30-16-11-22(3)31-28-26-8-7-24(19-27(26)33(4)32-28)23-9-12-29(13-10-23)14-17-35(18-15-29)25-20-34(6-2)21-25/h5-8,19,23,25,30H,1-3,9-18,20-21H2,4H3,(H,31,32). The molecule has 2 aliphatic heterocycles. The lowest BCUT2D eigenvalue weighted by molar-refractivity contribution is -0.000876. The van der Waals surface area contributed by atoms with Crippen LogP contribution in [0.25, 0.3) is 10.9 Å². The van der Waals surface area contributed by atoms with Gasteiger partial charge in [-0.2, -0.15) is 5.10 Å². The van der Waals surface area contributed by atoms with Crippen LogP contribution in [-0.4, -0.2) is 58.3 Å². The Morgan fingerprint density at radius 2 is 1.89 bits per heavy atom. The summed E-state index contributed by atoms with van der Waals surface area (Å²) in [5.74, 6) is 1.57. The SMILES string of the molecule is C=CNCCC(=C)Nc1nn(C)c2cc(C3CCC4(CC3)CCN(C3CN(C=C)C3)CC4)ccc12. The van der Waals surface area contributed by atoms with Crippen molar-refractivity contribution >= 4 is 16.7 Å². The van der Waals surface area contributed by atoms with E-state index in [1.54, 1.807) is 6.20 Å². The summed E-state index contributed by atoms with van der Waals surface area (Å²) in [5, 5.41) is 12.4. The van der Waals surface area contributed by atoms with E-state index in [1.165, 1.54) is 81.2 Å². The number of hydrogen-bond acceptors (Lipinski definition) is 5. The van der Waals surface area contributed by atoms with Crippen molar-refractivity contribution in [2.24, 2.45) is 12.5 Å². The van der Waals surface area contributed by atoms with Gasteiger partial charge in [0.25, 0.3) is 0 Å². The summed E-state index contributed by atoms with van der Waals surface area (Å²) < 4.78 is 2.00. The molecule has 188 valence electrons. The fourth-order valence-electron chi connectivity index (χ4n) is 6.47. The van der Waals surface area contributed by atoms with Crippen molar-refractivity contribution in [1.29, 1.82) is 0 Å². The molecule has 5 rings (SSSR count). The molecule has 3 aliphatic rings. The third-order valence-electron chi connectivity index (χ3n) is 8.93. The zero-order chi connectivity index (χ0) is 24.4. The van der Waals surface area contributed by atoms with E-state index in [-0.39, 0.29) is 0 Å². The molecule has 1 saturated carbocycles. The molecular weight excluding hydrogens is 432 g/mol. The maximum absolute atomic E-state index is 4.75. The number of fused-ring (bicyclic) bond motifs is 1. The highest BCUT2D eigenvalue weighted by atomic mass is 15.3. The van der Waals surface area contributed by atoms with Gasteiger partial charge in [-0.15, -0.1) is 0 Å². The van der Waals surface area contributed by atoms with Gasteiger partial charge in [0, 0.05) is 50.2 Å². The first-order chi connectivity index (χ1) is 17.0. The van der Waals surface area contributed by atoms with Crippen LogP contribution in [0.15, 0.2) is 56.0 Å². The summed E-state index contributed by atoms with van der Waals surface area (Å²) in [6.07, 6.45) is 12.7. The van der Waals surface area contributed by atoms with Gasteiger partial charge < -0.3 is 15.5 Å². The monoisotopic (exact) mass is 474 g/mol. The van der Waals surface area contributed by atoms with Gasteiger partial charge in [0.15, 0.2) is 5.82 Å². The van der Waals surface area contributed by atoms with Crippen molar-refractivity contribution in [3.8, 4) is 0 Å². The first-order valence-electron chi connectivity index (χ1n) is 13.4. The molecule has 1 spiro atoms. The molecule has 0 atom stereocenters. The zero-order valence-corrected chi connectivity index (χ0v) is 21.4. The lowest BCUT2D eigenvalue weighted by atomic mass is 9.64. The summed E-state index contributed by atoms with van der Waals surface area (Å²) >= 11 is 0. The summed E-state index contributed by atoms with van der Waals surface area (Å²) in [7, 11) is 2.04. The molecule has 1 aromatic heterocycles. The second-order valence-corrected chi connectivity index (χ2v) is 11.0. The largest absolute Gasteiger partial charge is 0.391 e. The van der Waals surface area contributed by atoms with Crippen molar-refractivity contribution in [2.45, 2.75) is 56.9 Å². The Hall–Kier alpha value is -2.73. The van der Waals surface area contributed by atoms with Crippen LogP contribution in [0.1, 0.15) is 56.4 Å². The van der Waals surface area contributed by atoms with E-state index in [2.05, 4.69) is 58.4 Å². The van der Waals surface area contributed by atoms with E-state index in [4.69, 9.17) is 5.10 Å². The summed E-state index contributed by atoms with van der Waals surface area (Å²) in [5.41, 5.74) is 4.23. The van der Waals surface area contributed by atoms with Crippen molar-refractivity contribution in [2.75, 3.05) is 38.0 Å². The molecule has 6 nitrogen and oxygen atoms in total. The zero-order valence-electron chi connectivity index (χ0n) is 21.4. The molecule has 2 N–H and O–H groups in total. The molecule has 1 aliphatic carbocycles. The highest BCUT2D eigenvalue weighted by molar-refractivity contribution is 5.91. The molecule has 0 bridgehead atoms. The molecule has 6 heteroatoms. The number of nitrogens with one attached hydrogen (secondary N) is 2. The topological polar surface area (TPSA) is 48.4 Å². The number of likely N-dealkylation sites (tertiary alicyclic amines) is 2. The molecule has 3 fully saturated rings. The summed E-state index contributed by atoms with van der Waals surface area (Å²) in [4.78, 5) is 5.07. The molecule has 3 heterocycles. The normalized spacial score (nSPS) is 21.1. The fourth-order valence-corrected chi connectivity index (χ4v) is 6.47. The van der Waals surface area contributed by atoms with Crippen LogP contribution >= 0.6 is 0 Å². The quantitative estimate of drug-likeness (QED) is 0.490. The van der Waals surface area contributed by atoms with Gasteiger partial charge in [-0.3, -0.25) is 9.58 Å². The molecule has 2 aromatic rings. The van der Waals surface area contributed by atoms with Gasteiger partial charge in [-0.1, -0.05) is 25.8 Å². The number of rotatable bonds is 9. The van der Waals surface area contributed by atoms with Crippen LogP contribution in [0, 0.1) is 5.41 Å². The third kappa shape index (κ3) is 4.99. The minimum absolute atomic E-state index is 0.587. The molecule has 0 unspecified atom stereocenters. The predicted molar refractivity (Wildman–Crippen MR) is 146 cm³/mol. The Morgan fingerprint density at radius 3 is 2.57 bits per heavy atom. The Morgan fingerprint density at radius 1 is 1.14 bits per heavy atom. The average Bonchev–Trinajstić information content (AvgIpc) is 3.15. The van der Waals surface area contributed by atoms with Crippen LogP contribution in [0.5, 0.6) is 0 Å². The van der Waals surface area contributed by atoms with Gasteiger partial charge in [0.2, 0.25) is 0 Å². The molecule has 0 radical (unpaired) electrons. The number of hydrogen-bond donors (Lipinski definition) is 2. The van der Waals surface area contributed by atoms with E-state index in [9.17, 15) is 0 Å². The number of aromatic nitrogens is 2. The Labute approximate surface area is 210 Å². The van der Waals surface area contributed by atoms with Gasteiger partial charge in [0.05, 0.1) is 5.52 Å². The van der Waals surface area contributed by atoms with E-state index < -0.39 is 0 Å². The third-order valence-corrected chi connectivity index (χ3v) is 8.93. The number of aryl methyl sites for hydroxylation is 1. The second-order valence-electron chi connectivity index (χ2n) is 11.0. The van der Waals surface area contributed by atoms with E-state index in [1.807, 2.05) is 17.9 Å². The molecule has 1 aromatic carbocycles. The average molecular weight is 475 g/mol. The van der Waals surface area contributed by atoms with E-state index in [0.717, 1.165) is 30.5 Å². The summed E-state index contributed by atoms with van der Waals surface area (Å²) in [6.45, 7) is 17.5. The molecule has 2 saturated heterocycles. The van der Waals surface area contributed by atoms with Gasteiger partial charge >= 0.3 is 0 Å². The predicted octanol–water partition coefficient (Wildman–Crippen LogP) is 5.19. The Bertz CT molecular complexity index is 1060. The highest BCUT2D eigenvalue weighted by Gasteiger charge is 2.41. The lowest BCUT2D eigenvalue weighted by Gasteiger charge is -2.51. The van der Waals surface area contributed by atoms with Gasteiger partial charge in [0.1, 0.15) is 0 Å².